The summed E-state index contributed by atoms with van der Waals surface area (Å²) in [7, 11) is -3.74. The molecule has 0 aliphatic carbocycles. The van der Waals surface area contributed by atoms with Gasteiger partial charge >= 0.3 is 0 Å². The predicted molar refractivity (Wildman–Crippen MR) is 72.1 cm³/mol. The molecular formula is C11H17ClN2O3S. The van der Waals surface area contributed by atoms with Crippen LogP contribution in [0.4, 0.5) is 5.69 Å². The molecule has 0 spiro atoms. The number of anilines is 1. The molecule has 0 fully saturated rings. The lowest BCUT2D eigenvalue weighted by atomic mass is 10.3. The molecule has 0 aromatic heterocycles. The number of sulfonamides is 1. The molecule has 0 radical (unpaired) electrons. The second kappa shape index (κ2) is 6.38. The number of halogens is 1. The zero-order valence-corrected chi connectivity index (χ0v) is 11.9. The Morgan fingerprint density at radius 1 is 1.50 bits per heavy atom. The van der Waals surface area contributed by atoms with Crippen LogP contribution in [0.3, 0.4) is 0 Å². The summed E-state index contributed by atoms with van der Waals surface area (Å²) in [4.78, 5) is -0.0879. The molecule has 0 aliphatic heterocycles. The van der Waals surface area contributed by atoms with Gasteiger partial charge in [0, 0.05) is 12.6 Å². The Bertz CT molecular complexity index is 485. The molecule has 0 amide bonds. The quantitative estimate of drug-likeness (QED) is 0.781. The van der Waals surface area contributed by atoms with Gasteiger partial charge in [-0.05, 0) is 26.0 Å². The van der Waals surface area contributed by atoms with E-state index in [4.69, 9.17) is 22.1 Å². The van der Waals surface area contributed by atoms with Crippen molar-refractivity contribution in [3.8, 4) is 0 Å². The first kappa shape index (κ1) is 15.2. The van der Waals surface area contributed by atoms with Crippen molar-refractivity contribution in [2.75, 3.05) is 18.9 Å². The molecule has 0 aliphatic rings. The molecule has 1 rings (SSSR count). The maximum Gasteiger partial charge on any atom is 0.244 e. The highest BCUT2D eigenvalue weighted by molar-refractivity contribution is 7.89. The fourth-order valence-electron chi connectivity index (χ4n) is 1.46. The number of ether oxygens (including phenoxy) is 1. The third kappa shape index (κ3) is 3.84. The number of nitrogens with one attached hydrogen (secondary N) is 1. The van der Waals surface area contributed by atoms with Gasteiger partial charge in [0.25, 0.3) is 0 Å². The average molecular weight is 293 g/mol. The molecule has 0 saturated carbocycles. The van der Waals surface area contributed by atoms with Crippen molar-refractivity contribution < 1.29 is 13.2 Å². The average Bonchev–Trinajstić information content (AvgIpc) is 2.25. The van der Waals surface area contributed by atoms with Crippen LogP contribution in [0.25, 0.3) is 0 Å². The van der Waals surface area contributed by atoms with E-state index >= 15 is 0 Å². The molecule has 1 atom stereocenters. The lowest BCUT2D eigenvalue weighted by molar-refractivity contribution is 0.133. The number of benzene rings is 1. The fourth-order valence-corrected chi connectivity index (χ4v) is 3.37. The monoisotopic (exact) mass is 292 g/mol. The van der Waals surface area contributed by atoms with E-state index in [1.54, 1.807) is 13.0 Å². The number of nitrogens with two attached hydrogens (primary N) is 1. The zero-order valence-electron chi connectivity index (χ0n) is 10.3. The van der Waals surface area contributed by atoms with Crippen LogP contribution in [-0.4, -0.2) is 27.7 Å². The van der Waals surface area contributed by atoms with Crippen LogP contribution in [0.1, 0.15) is 13.8 Å². The predicted octanol–water partition coefficient (Wildman–Crippen LogP) is 1.63. The van der Waals surface area contributed by atoms with Crippen molar-refractivity contribution in [2.24, 2.45) is 0 Å². The number of hydrogen-bond donors (Lipinski definition) is 2. The maximum absolute atomic E-state index is 12.1. The molecule has 7 heteroatoms. The summed E-state index contributed by atoms with van der Waals surface area (Å²) in [5, 5.41) is 0.103. The minimum Gasteiger partial charge on any atom is -0.398 e. The molecule has 0 heterocycles. The van der Waals surface area contributed by atoms with Crippen molar-refractivity contribution >= 4 is 27.3 Å². The summed E-state index contributed by atoms with van der Waals surface area (Å²) in [5.41, 5.74) is 5.77. The lowest BCUT2D eigenvalue weighted by Gasteiger charge is -2.15. The molecule has 0 saturated heterocycles. The van der Waals surface area contributed by atoms with Crippen molar-refractivity contribution in [3.05, 3.63) is 23.2 Å². The van der Waals surface area contributed by atoms with Crippen LogP contribution in [0.5, 0.6) is 0 Å². The van der Waals surface area contributed by atoms with Crippen molar-refractivity contribution in [3.63, 3.8) is 0 Å². The Labute approximate surface area is 112 Å². The van der Waals surface area contributed by atoms with Crippen LogP contribution < -0.4 is 10.5 Å². The van der Waals surface area contributed by atoms with Gasteiger partial charge in [0.15, 0.2) is 0 Å². The zero-order chi connectivity index (χ0) is 13.8. The van der Waals surface area contributed by atoms with Gasteiger partial charge < -0.3 is 10.5 Å². The van der Waals surface area contributed by atoms with Crippen molar-refractivity contribution in [2.45, 2.75) is 24.8 Å². The van der Waals surface area contributed by atoms with E-state index in [1.807, 2.05) is 6.92 Å². The largest absolute Gasteiger partial charge is 0.398 e. The van der Waals surface area contributed by atoms with Gasteiger partial charge in [0.2, 0.25) is 10.0 Å². The van der Waals surface area contributed by atoms with Crippen LogP contribution in [-0.2, 0) is 14.8 Å². The number of hydrogen-bond acceptors (Lipinski definition) is 4. The summed E-state index contributed by atoms with van der Waals surface area (Å²) >= 11 is 5.87. The Hall–Kier alpha value is -0.820. The number of rotatable bonds is 6. The van der Waals surface area contributed by atoms with Gasteiger partial charge in [0.05, 0.1) is 17.3 Å². The van der Waals surface area contributed by atoms with E-state index < -0.39 is 10.0 Å². The van der Waals surface area contributed by atoms with E-state index in [9.17, 15) is 8.42 Å². The summed E-state index contributed by atoms with van der Waals surface area (Å²) < 4.78 is 31.9. The fraction of sp³-hybridized carbons (Fsp3) is 0.455. The minimum atomic E-state index is -3.74. The molecule has 1 aromatic carbocycles. The summed E-state index contributed by atoms with van der Waals surface area (Å²) in [6.07, 6.45) is 0. The van der Waals surface area contributed by atoms with Crippen LogP contribution >= 0.6 is 11.6 Å². The molecule has 1 unspecified atom stereocenters. The molecular weight excluding hydrogens is 276 g/mol. The minimum absolute atomic E-state index is 0.0879. The van der Waals surface area contributed by atoms with E-state index in [-0.39, 0.29) is 21.6 Å². The molecule has 1 aromatic rings. The molecule has 5 nitrogen and oxygen atoms in total. The van der Waals surface area contributed by atoms with Gasteiger partial charge in [0.1, 0.15) is 4.90 Å². The Kier molecular flexibility index (Phi) is 5.40. The molecule has 0 bridgehead atoms. The maximum atomic E-state index is 12.1. The first-order valence-corrected chi connectivity index (χ1v) is 7.38. The van der Waals surface area contributed by atoms with Gasteiger partial charge in [-0.25, -0.2) is 13.1 Å². The Balaban J connectivity index is 2.93. The second-order valence-electron chi connectivity index (χ2n) is 3.84. The van der Waals surface area contributed by atoms with Gasteiger partial charge in [-0.2, -0.15) is 0 Å². The third-order valence-corrected chi connectivity index (χ3v) is 4.33. The van der Waals surface area contributed by atoms with Gasteiger partial charge in [-0.3, -0.25) is 0 Å². The standard InChI is InChI=1S/C11H17ClN2O3S/c1-3-17-7-8(2)14-18(15,16)11-9(12)5-4-6-10(11)13/h4-6,8,14H,3,7,13H2,1-2H3. The highest BCUT2D eigenvalue weighted by Crippen LogP contribution is 2.26. The first-order valence-electron chi connectivity index (χ1n) is 5.52. The second-order valence-corrected chi connectivity index (χ2v) is 5.90. The van der Waals surface area contributed by atoms with Gasteiger partial charge in [-0.15, -0.1) is 0 Å². The van der Waals surface area contributed by atoms with E-state index in [0.717, 1.165) is 0 Å². The summed E-state index contributed by atoms with van der Waals surface area (Å²) in [6, 6.07) is 4.22. The molecule has 3 N–H and O–H groups in total. The first-order chi connectivity index (χ1) is 8.38. The highest BCUT2D eigenvalue weighted by atomic mass is 35.5. The lowest BCUT2D eigenvalue weighted by Crippen LogP contribution is -2.36. The van der Waals surface area contributed by atoms with Crippen molar-refractivity contribution in [1.82, 2.24) is 4.72 Å². The summed E-state index contributed by atoms with van der Waals surface area (Å²) in [5.74, 6) is 0. The van der Waals surface area contributed by atoms with Crippen LogP contribution in [0.2, 0.25) is 5.02 Å². The molecule has 18 heavy (non-hydrogen) atoms. The highest BCUT2D eigenvalue weighted by Gasteiger charge is 2.22. The molecule has 102 valence electrons. The smallest absolute Gasteiger partial charge is 0.244 e. The topological polar surface area (TPSA) is 81.4 Å². The SMILES string of the molecule is CCOCC(C)NS(=O)(=O)c1c(N)cccc1Cl. The third-order valence-electron chi connectivity index (χ3n) is 2.19. The number of nitrogen functional groups attached to an aromatic ring is 1. The Morgan fingerprint density at radius 3 is 2.72 bits per heavy atom. The van der Waals surface area contributed by atoms with Crippen LogP contribution in [0.15, 0.2) is 23.1 Å². The van der Waals surface area contributed by atoms with Crippen molar-refractivity contribution in [1.29, 1.82) is 0 Å². The Morgan fingerprint density at radius 2 is 2.17 bits per heavy atom. The van der Waals surface area contributed by atoms with Gasteiger partial charge in [-0.1, -0.05) is 17.7 Å². The van der Waals surface area contributed by atoms with E-state index in [0.29, 0.717) is 13.2 Å². The van der Waals surface area contributed by atoms with E-state index in [1.165, 1.54) is 12.1 Å². The van der Waals surface area contributed by atoms with E-state index in [2.05, 4.69) is 4.72 Å². The normalized spacial score (nSPS) is 13.5. The van der Waals surface area contributed by atoms with Crippen LogP contribution in [0, 0.1) is 0 Å². The summed E-state index contributed by atoms with van der Waals surface area (Å²) in [6.45, 7) is 4.37.